The summed E-state index contributed by atoms with van der Waals surface area (Å²) in [4.78, 5) is 0. The van der Waals surface area contributed by atoms with Gasteiger partial charge in [0, 0.05) is 0 Å². The number of benzene rings is 2. The van der Waals surface area contributed by atoms with Crippen molar-refractivity contribution in [3.8, 4) is 0 Å². The molecule has 0 aliphatic heterocycles. The largest absolute Gasteiger partial charge is 1.00 e. The zero-order chi connectivity index (χ0) is 26.2. The van der Waals surface area contributed by atoms with Crippen LogP contribution in [0.2, 0.25) is 26.2 Å². The monoisotopic (exact) mass is 918 g/mol. The molecule has 4 rings (SSSR count). The maximum absolute atomic E-state index is 4.02. The average molecular weight is 917 g/mol. The second-order valence-corrected chi connectivity index (χ2v) is 61.9. The van der Waals surface area contributed by atoms with Crippen LogP contribution in [0, 0.1) is 27.7 Å². The summed E-state index contributed by atoms with van der Waals surface area (Å²) in [7, 11) is 0. The Morgan fingerprint density at radius 3 is 1.13 bits per heavy atom. The SMILES string of the molecule is Cc1cccc(C)c1[NH][Hf+]([C]1=CC=CC1)[SiH](C)C.Cc1cccc(C)c1[NH][Hf+]([C]1=CC=CC1)[SiH](C)C.[Cl-].[Cl-]. The standard InChI is InChI=1S/2C8H10N.2C5H5.2C2H7Si.2ClH.2Hf/c2*1-6-4-3-5-7(2)8(6)9;2*1-2-4-5-3-1;2*1-3-2;;;;/h2*3-5,9H,1-2H3;2*1-3H,4H2;2*3H,1-2H3;2*1H;;/q2*-1;;;;;;;2*+2/p-2. The number of hydrogen-bond donors (Lipinski definition) is 2. The van der Waals surface area contributed by atoms with Gasteiger partial charge in [-0.05, 0) is 0 Å². The molecule has 2 N–H and O–H groups in total. The molecule has 0 spiro atoms. The number of hydrogen-bond acceptors (Lipinski definition) is 2. The molecule has 2 nitrogen and oxygen atoms in total. The molecule has 204 valence electrons. The van der Waals surface area contributed by atoms with Gasteiger partial charge in [-0.15, -0.1) is 0 Å². The van der Waals surface area contributed by atoms with Gasteiger partial charge in [-0.2, -0.15) is 0 Å². The number of halogens is 2. The van der Waals surface area contributed by atoms with E-state index in [0.29, 0.717) is 0 Å². The third-order valence-electron chi connectivity index (χ3n) is 6.87. The van der Waals surface area contributed by atoms with Crippen LogP contribution in [0.3, 0.4) is 0 Å². The van der Waals surface area contributed by atoms with Crippen molar-refractivity contribution in [3.63, 3.8) is 0 Å². The maximum atomic E-state index is 4.02. The summed E-state index contributed by atoms with van der Waals surface area (Å²) in [6.07, 6.45) is 16.3. The van der Waals surface area contributed by atoms with Crippen molar-refractivity contribution < 1.29 is 66.6 Å². The van der Waals surface area contributed by atoms with E-state index in [2.05, 4.69) is 133 Å². The van der Waals surface area contributed by atoms with Gasteiger partial charge in [-0.3, -0.25) is 0 Å². The maximum Gasteiger partial charge on any atom is -1.00 e. The van der Waals surface area contributed by atoms with E-state index in [1.807, 2.05) is 0 Å². The Labute approximate surface area is 262 Å². The van der Waals surface area contributed by atoms with E-state index in [1.165, 1.54) is 46.5 Å². The molecule has 0 amide bonds. The van der Waals surface area contributed by atoms with Crippen LogP contribution in [0.5, 0.6) is 0 Å². The Morgan fingerprint density at radius 1 is 0.579 bits per heavy atom. The second-order valence-electron chi connectivity index (χ2n) is 10.6. The first-order chi connectivity index (χ1) is 17.2. The van der Waals surface area contributed by atoms with Gasteiger partial charge >= 0.3 is 240 Å². The molecule has 0 atom stereocenters. The van der Waals surface area contributed by atoms with Crippen LogP contribution < -0.4 is 31.4 Å². The molecule has 2 aromatic rings. The van der Waals surface area contributed by atoms with Crippen LogP contribution >= 0.6 is 0 Å². The Balaban J connectivity index is 0.000000361. The number of nitrogens with one attached hydrogen (secondary N) is 2. The molecule has 0 saturated heterocycles. The summed E-state index contributed by atoms with van der Waals surface area (Å²) in [6, 6.07) is 13.2. The van der Waals surface area contributed by atoms with E-state index in [-0.39, 0.29) is 24.8 Å². The van der Waals surface area contributed by atoms with Crippen molar-refractivity contribution >= 4 is 23.3 Å². The van der Waals surface area contributed by atoms with Crippen molar-refractivity contribution in [2.24, 2.45) is 0 Å². The summed E-state index contributed by atoms with van der Waals surface area (Å²) >= 11 is -3.54. The first-order valence-electron chi connectivity index (χ1n) is 13.3. The molecule has 0 aromatic heterocycles. The second kappa shape index (κ2) is 17.5. The van der Waals surface area contributed by atoms with Crippen LogP contribution in [-0.4, -0.2) is 12.0 Å². The molecule has 38 heavy (non-hydrogen) atoms. The Bertz CT molecular complexity index is 1040. The summed E-state index contributed by atoms with van der Waals surface area (Å²) in [6.45, 7) is 19.0. The molecule has 0 bridgehead atoms. The first kappa shape index (κ1) is 35.8. The molecule has 0 radical (unpaired) electrons. The van der Waals surface area contributed by atoms with E-state index < -0.39 is 53.8 Å². The van der Waals surface area contributed by atoms with Crippen LogP contribution in [0.1, 0.15) is 35.1 Å². The first-order valence-corrected chi connectivity index (χ1v) is 38.7. The molecule has 2 aromatic carbocycles. The Morgan fingerprint density at radius 2 is 0.895 bits per heavy atom. The minimum absolute atomic E-state index is 0. The van der Waals surface area contributed by atoms with Crippen molar-refractivity contribution in [1.82, 2.24) is 0 Å². The van der Waals surface area contributed by atoms with Gasteiger partial charge in [0.25, 0.3) is 0 Å². The van der Waals surface area contributed by atoms with Crippen LogP contribution in [-0.2, 0) is 41.8 Å². The summed E-state index contributed by atoms with van der Waals surface area (Å²) in [5, 5.41) is 0. The van der Waals surface area contributed by atoms with E-state index in [9.17, 15) is 0 Å². The fourth-order valence-electron chi connectivity index (χ4n) is 4.78. The predicted octanol–water partition coefficient (Wildman–Crippen LogP) is 2.16. The molecule has 2 aliphatic carbocycles. The molecule has 2 aliphatic rings. The molecular weight excluding hydrogens is 872 g/mol. The number of aryl methyl sites for hydroxylation is 4. The zero-order valence-electron chi connectivity index (χ0n) is 24.3. The van der Waals surface area contributed by atoms with Gasteiger partial charge < -0.3 is 24.8 Å². The van der Waals surface area contributed by atoms with Crippen molar-refractivity contribution in [1.29, 1.82) is 0 Å². The molecule has 0 heterocycles. The van der Waals surface area contributed by atoms with E-state index in [4.69, 9.17) is 0 Å². The van der Waals surface area contributed by atoms with Crippen LogP contribution in [0.25, 0.3) is 0 Å². The fourth-order valence-corrected chi connectivity index (χ4v) is 45.2. The minimum atomic E-state index is -1.77. The third kappa shape index (κ3) is 9.99. The topological polar surface area (TPSA) is 24.1 Å². The van der Waals surface area contributed by atoms with Crippen molar-refractivity contribution in [2.45, 2.75) is 66.7 Å². The number of rotatable bonds is 8. The van der Waals surface area contributed by atoms with Gasteiger partial charge in [0.05, 0.1) is 0 Å². The normalized spacial score (nSPS) is 13.2. The predicted molar refractivity (Wildman–Crippen MR) is 161 cm³/mol. The molecular formula is C30H44Cl2Hf2N2Si2. The number of allylic oxidation sites excluding steroid dienone is 8. The zero-order valence-corrected chi connectivity index (χ0v) is 35.3. The average Bonchev–Trinajstić information content (AvgIpc) is 3.53. The number of para-hydroxylation sites is 2. The van der Waals surface area contributed by atoms with Gasteiger partial charge in [-0.1, -0.05) is 0 Å². The van der Waals surface area contributed by atoms with Gasteiger partial charge in [0.1, 0.15) is 0 Å². The third-order valence-corrected chi connectivity index (χ3v) is 53.9. The molecule has 0 saturated carbocycles. The molecule has 8 heteroatoms. The summed E-state index contributed by atoms with van der Waals surface area (Å²) in [5.41, 5.74) is 8.46. The fraction of sp³-hybridized carbons (Fsp3) is 0.333. The van der Waals surface area contributed by atoms with Crippen molar-refractivity contribution in [3.05, 3.63) is 102 Å². The van der Waals surface area contributed by atoms with E-state index in [0.717, 1.165) is 0 Å². The Kier molecular flexibility index (Phi) is 16.5. The number of anilines is 2. The molecule has 0 fully saturated rings. The summed E-state index contributed by atoms with van der Waals surface area (Å²) in [5.74, 6) is -1.11. The van der Waals surface area contributed by atoms with Gasteiger partial charge in [0.2, 0.25) is 0 Å². The smallest absolute Gasteiger partial charge is 1.00 e. The summed E-state index contributed by atoms with van der Waals surface area (Å²) < 4.78 is 11.6. The van der Waals surface area contributed by atoms with Crippen LogP contribution in [0.15, 0.2) is 79.5 Å². The molecule has 0 unspecified atom stereocenters. The Hall–Kier alpha value is -0.246. The van der Waals surface area contributed by atoms with E-state index in [1.54, 1.807) is 6.66 Å². The van der Waals surface area contributed by atoms with Crippen LogP contribution in [0.4, 0.5) is 11.4 Å². The van der Waals surface area contributed by atoms with Crippen molar-refractivity contribution in [2.75, 3.05) is 6.61 Å². The van der Waals surface area contributed by atoms with Gasteiger partial charge in [0.15, 0.2) is 0 Å². The van der Waals surface area contributed by atoms with Gasteiger partial charge in [-0.25, -0.2) is 0 Å². The van der Waals surface area contributed by atoms with E-state index >= 15 is 0 Å². The minimum Gasteiger partial charge on any atom is -1.00 e. The quantitative estimate of drug-likeness (QED) is 0.398.